The van der Waals surface area contributed by atoms with Crippen LogP contribution in [0.5, 0.6) is 0 Å². The van der Waals surface area contributed by atoms with Crippen molar-refractivity contribution in [3.63, 3.8) is 0 Å². The van der Waals surface area contributed by atoms with Gasteiger partial charge in [-0.2, -0.15) is 0 Å². The summed E-state index contributed by atoms with van der Waals surface area (Å²) in [6, 6.07) is 0. The fraction of sp³-hybridized carbons (Fsp3) is 0.879. The summed E-state index contributed by atoms with van der Waals surface area (Å²) in [5.74, 6) is -0.883. The van der Waals surface area contributed by atoms with E-state index in [4.69, 9.17) is 14.2 Å². The molecule has 0 radical (unpaired) electrons. The minimum Gasteiger partial charge on any atom is -0.462 e. The lowest BCUT2D eigenvalue weighted by Gasteiger charge is -2.18. The number of esters is 3. The van der Waals surface area contributed by atoms with Crippen molar-refractivity contribution in [3.8, 4) is 0 Å². The average Bonchev–Trinajstić information content (AvgIpc) is 3.29. The van der Waals surface area contributed by atoms with E-state index in [9.17, 15) is 14.4 Å². The summed E-state index contributed by atoms with van der Waals surface area (Å²) in [6.07, 6.45) is 61.7. The molecule has 0 aromatic rings. The Balaban J connectivity index is 4.35. The molecule has 0 bridgehead atoms. The first-order valence-corrected chi connectivity index (χ1v) is 28.3. The molecular formula is C58H108O6. The molecule has 0 aromatic carbocycles. The standard InChI is InChI=1S/C58H108O6/c1-4-7-10-13-16-19-22-25-28-29-30-31-34-36-39-42-45-48-51-57(60)63-54-55(64-58(61)52-49-46-43-40-37-33-27-24-21-18-15-12-9-6-3)53-62-56(59)50-47-44-41-38-35-32-26-23-20-17-14-11-8-5-2/h30-31,33,37,55H,4-29,32,34-36,38-54H2,1-3H3/b31-30-,37-33-. The van der Waals surface area contributed by atoms with Gasteiger partial charge in [-0.3, -0.25) is 14.4 Å². The first-order chi connectivity index (χ1) is 31.5. The molecule has 6 nitrogen and oxygen atoms in total. The van der Waals surface area contributed by atoms with Gasteiger partial charge in [0, 0.05) is 19.3 Å². The Labute approximate surface area is 398 Å². The minimum atomic E-state index is -0.778. The number of hydrogen-bond acceptors (Lipinski definition) is 6. The highest BCUT2D eigenvalue weighted by atomic mass is 16.6. The van der Waals surface area contributed by atoms with Crippen molar-refractivity contribution in [3.05, 3.63) is 24.3 Å². The first kappa shape index (κ1) is 61.9. The molecule has 376 valence electrons. The first-order valence-electron chi connectivity index (χ1n) is 28.3. The van der Waals surface area contributed by atoms with E-state index in [2.05, 4.69) is 45.1 Å². The Kier molecular flexibility index (Phi) is 51.7. The molecule has 6 heteroatoms. The minimum absolute atomic E-state index is 0.0758. The third-order valence-corrected chi connectivity index (χ3v) is 12.7. The van der Waals surface area contributed by atoms with Crippen molar-refractivity contribution in [1.29, 1.82) is 0 Å². The summed E-state index contributed by atoms with van der Waals surface area (Å²) in [5, 5.41) is 0. The highest BCUT2D eigenvalue weighted by molar-refractivity contribution is 5.71. The molecule has 0 aliphatic carbocycles. The van der Waals surface area contributed by atoms with Crippen molar-refractivity contribution < 1.29 is 28.6 Å². The molecule has 0 saturated carbocycles. The zero-order valence-corrected chi connectivity index (χ0v) is 43.1. The lowest BCUT2D eigenvalue weighted by Crippen LogP contribution is -2.30. The summed E-state index contributed by atoms with van der Waals surface area (Å²) in [4.78, 5) is 38.1. The quantitative estimate of drug-likeness (QED) is 0.0262. The predicted molar refractivity (Wildman–Crippen MR) is 275 cm³/mol. The van der Waals surface area contributed by atoms with E-state index >= 15 is 0 Å². The molecule has 0 rings (SSSR count). The summed E-state index contributed by atoms with van der Waals surface area (Å²) in [7, 11) is 0. The van der Waals surface area contributed by atoms with Crippen molar-refractivity contribution >= 4 is 17.9 Å². The third-order valence-electron chi connectivity index (χ3n) is 12.7. The van der Waals surface area contributed by atoms with Gasteiger partial charge in [0.25, 0.3) is 0 Å². The lowest BCUT2D eigenvalue weighted by molar-refractivity contribution is -0.167. The molecule has 1 unspecified atom stereocenters. The zero-order valence-electron chi connectivity index (χ0n) is 43.1. The summed E-state index contributed by atoms with van der Waals surface area (Å²) < 4.78 is 16.8. The normalized spacial score (nSPS) is 12.1. The van der Waals surface area contributed by atoms with Crippen molar-refractivity contribution in [2.75, 3.05) is 13.2 Å². The van der Waals surface area contributed by atoms with Crippen LogP contribution in [-0.4, -0.2) is 37.2 Å². The van der Waals surface area contributed by atoms with E-state index in [0.717, 1.165) is 77.0 Å². The van der Waals surface area contributed by atoms with Crippen molar-refractivity contribution in [2.45, 2.75) is 316 Å². The van der Waals surface area contributed by atoms with E-state index in [-0.39, 0.29) is 31.1 Å². The third kappa shape index (κ3) is 50.9. The Morgan fingerprint density at radius 3 is 0.797 bits per heavy atom. The van der Waals surface area contributed by atoms with Crippen LogP contribution in [0.15, 0.2) is 24.3 Å². The number of allylic oxidation sites excluding steroid dienone is 4. The summed E-state index contributed by atoms with van der Waals surface area (Å²) in [5.41, 5.74) is 0. The number of ether oxygens (including phenoxy) is 3. The molecule has 0 aliphatic rings. The van der Waals surface area contributed by atoms with Crippen LogP contribution >= 0.6 is 0 Å². The number of hydrogen-bond donors (Lipinski definition) is 0. The summed E-state index contributed by atoms with van der Waals surface area (Å²) in [6.45, 7) is 6.66. The molecule has 1 atom stereocenters. The molecule has 0 fully saturated rings. The van der Waals surface area contributed by atoms with Gasteiger partial charge in [0.2, 0.25) is 0 Å². The molecule has 64 heavy (non-hydrogen) atoms. The monoisotopic (exact) mass is 901 g/mol. The fourth-order valence-corrected chi connectivity index (χ4v) is 8.37. The van der Waals surface area contributed by atoms with Gasteiger partial charge in [-0.25, -0.2) is 0 Å². The number of rotatable bonds is 52. The second-order valence-electron chi connectivity index (χ2n) is 19.2. The summed E-state index contributed by atoms with van der Waals surface area (Å²) >= 11 is 0. The Morgan fingerprint density at radius 2 is 0.516 bits per heavy atom. The molecule has 0 heterocycles. The van der Waals surface area contributed by atoms with Crippen LogP contribution in [0.25, 0.3) is 0 Å². The van der Waals surface area contributed by atoms with Crippen molar-refractivity contribution in [2.24, 2.45) is 0 Å². The Morgan fingerprint density at radius 1 is 0.297 bits per heavy atom. The van der Waals surface area contributed by atoms with Crippen LogP contribution in [0.3, 0.4) is 0 Å². The maximum Gasteiger partial charge on any atom is 0.306 e. The lowest BCUT2D eigenvalue weighted by atomic mass is 10.0. The van der Waals surface area contributed by atoms with Crippen LogP contribution in [0.1, 0.15) is 310 Å². The molecule has 0 aliphatic heterocycles. The SMILES string of the molecule is CCCCCCCCC/C=C\CCCCCC(=O)OC(COC(=O)CCCCCCC/C=C\CCCCCCCCCCC)COC(=O)CCCCCCCCCCCCCCCC. The van der Waals surface area contributed by atoms with Gasteiger partial charge in [-0.05, 0) is 70.6 Å². The van der Waals surface area contributed by atoms with E-state index in [1.165, 1.54) is 193 Å². The van der Waals surface area contributed by atoms with Gasteiger partial charge in [0.15, 0.2) is 6.10 Å². The van der Waals surface area contributed by atoms with Crippen LogP contribution in [0, 0.1) is 0 Å². The predicted octanol–water partition coefficient (Wildman–Crippen LogP) is 18.7. The smallest absolute Gasteiger partial charge is 0.306 e. The van der Waals surface area contributed by atoms with Crippen molar-refractivity contribution in [1.82, 2.24) is 0 Å². The fourth-order valence-electron chi connectivity index (χ4n) is 8.37. The average molecular weight is 901 g/mol. The zero-order chi connectivity index (χ0) is 46.5. The number of carbonyl (C=O) groups is 3. The number of carbonyl (C=O) groups excluding carboxylic acids is 3. The van der Waals surface area contributed by atoms with Crippen LogP contribution in [0.2, 0.25) is 0 Å². The molecule has 0 saturated heterocycles. The largest absolute Gasteiger partial charge is 0.462 e. The topological polar surface area (TPSA) is 78.9 Å². The van der Waals surface area contributed by atoms with E-state index < -0.39 is 6.10 Å². The molecular weight excluding hydrogens is 793 g/mol. The van der Waals surface area contributed by atoms with Gasteiger partial charge in [0.05, 0.1) is 0 Å². The maximum atomic E-state index is 12.8. The molecule has 0 spiro atoms. The maximum absolute atomic E-state index is 12.8. The highest BCUT2D eigenvalue weighted by Crippen LogP contribution is 2.16. The van der Waals surface area contributed by atoms with Gasteiger partial charge in [0.1, 0.15) is 13.2 Å². The number of unbranched alkanes of at least 4 members (excludes halogenated alkanes) is 37. The second kappa shape index (κ2) is 53.5. The van der Waals surface area contributed by atoms with E-state index in [0.29, 0.717) is 19.3 Å². The Bertz CT molecular complexity index is 1040. The van der Waals surface area contributed by atoms with Crippen LogP contribution in [-0.2, 0) is 28.6 Å². The van der Waals surface area contributed by atoms with Gasteiger partial charge >= 0.3 is 17.9 Å². The van der Waals surface area contributed by atoms with Gasteiger partial charge in [-0.1, -0.05) is 244 Å². The van der Waals surface area contributed by atoms with Crippen LogP contribution < -0.4 is 0 Å². The van der Waals surface area contributed by atoms with E-state index in [1.807, 2.05) is 0 Å². The Hall–Kier alpha value is -2.11. The van der Waals surface area contributed by atoms with Gasteiger partial charge < -0.3 is 14.2 Å². The van der Waals surface area contributed by atoms with Crippen LogP contribution in [0.4, 0.5) is 0 Å². The van der Waals surface area contributed by atoms with E-state index in [1.54, 1.807) is 0 Å². The highest BCUT2D eigenvalue weighted by Gasteiger charge is 2.19. The molecule has 0 amide bonds. The molecule has 0 N–H and O–H groups in total. The van der Waals surface area contributed by atoms with Gasteiger partial charge in [-0.15, -0.1) is 0 Å². The molecule has 0 aromatic heterocycles. The second-order valence-corrected chi connectivity index (χ2v) is 19.2.